The SMILES string of the molecule is C=Cc1c(C)c2cc3[nH]c(cc4nc(cc5nc(cc1[nH]2)C(C)=C5CCC(=O)O)C(CCC(=O)NCCCOCCOCCOCCCNC(=O)C[C@]1(C)/C2=C(\C)C5=N[C@@](C)(C6N=C(C(C)=C7N=C(C=C(N2)[C@H]1CCC(=O)OC)C(C)(C)[C@@H]7CCC(=O)OC)[C@](C)(CCC(=O)OC)[C@H]6CC(=O)OC)[C@@](C)(CC(=O)OC)[C@@H]5CCC(=O)OC)=C4C)c(C)c3C=C. The number of ether oxygens (including phenoxy) is 9. The monoisotopic (exact) mass is 1710 g/mol. The average Bonchev–Trinajstić information content (AvgIpc) is 1.52. The molecule has 124 heavy (non-hydrogen) atoms. The number of amides is 2. The summed E-state index contributed by atoms with van der Waals surface area (Å²) in [6.07, 6.45) is 7.49. The Morgan fingerprint density at radius 3 is 1.53 bits per heavy atom. The third kappa shape index (κ3) is 20.3. The van der Waals surface area contributed by atoms with Gasteiger partial charge in [-0.25, -0.2) is 9.97 Å². The molecular formula is C95H126N10O19. The molecule has 29 nitrogen and oxygen atoms in total. The van der Waals surface area contributed by atoms with Crippen LogP contribution in [0.25, 0.3) is 56.5 Å². The lowest BCUT2D eigenvalue weighted by Gasteiger charge is -2.48. The molecular weight excluding hydrogens is 1590 g/mol. The van der Waals surface area contributed by atoms with E-state index in [0.29, 0.717) is 121 Å². The van der Waals surface area contributed by atoms with Crippen molar-refractivity contribution < 1.29 is 90.9 Å². The van der Waals surface area contributed by atoms with E-state index in [1.165, 1.54) is 42.7 Å². The van der Waals surface area contributed by atoms with Crippen LogP contribution in [0.2, 0.25) is 0 Å². The first-order valence-electron chi connectivity index (χ1n) is 43.0. The number of hydrogen-bond acceptors (Lipinski definition) is 24. The lowest BCUT2D eigenvalue weighted by atomic mass is 9.55. The normalized spacial score (nSPS) is 23.6. The quantitative estimate of drug-likeness (QED) is 0.0175. The number of aryl methyl sites for hydroxylation is 2. The van der Waals surface area contributed by atoms with E-state index in [1.54, 1.807) is 0 Å². The summed E-state index contributed by atoms with van der Waals surface area (Å²) in [5, 5.41) is 19.8. The summed E-state index contributed by atoms with van der Waals surface area (Å²) in [6, 6.07) is 7.04. The number of nitrogens with zero attached hydrogens (tertiary/aromatic N) is 5. The molecule has 7 aliphatic heterocycles. The number of aromatic nitrogens is 4. The van der Waals surface area contributed by atoms with E-state index in [1.807, 2.05) is 106 Å². The van der Waals surface area contributed by atoms with Gasteiger partial charge in [0.15, 0.2) is 0 Å². The summed E-state index contributed by atoms with van der Waals surface area (Å²) in [6.45, 7) is 34.6. The van der Waals surface area contributed by atoms with Gasteiger partial charge >= 0.3 is 41.8 Å². The van der Waals surface area contributed by atoms with Crippen molar-refractivity contribution in [3.8, 4) is 0 Å². The Labute approximate surface area is 726 Å². The molecule has 3 aromatic heterocycles. The van der Waals surface area contributed by atoms with E-state index in [0.717, 1.165) is 72.3 Å². The minimum atomic E-state index is -1.44. The summed E-state index contributed by atoms with van der Waals surface area (Å²) < 4.78 is 49.7. The molecule has 1 fully saturated rings. The topological polar surface area (TPSA) is 387 Å². The number of allylic oxidation sites excluding steroid dienone is 10. The van der Waals surface area contributed by atoms with Crippen molar-refractivity contribution >= 4 is 127 Å². The summed E-state index contributed by atoms with van der Waals surface area (Å²) >= 11 is 0. The molecule has 7 aliphatic rings. The lowest BCUT2D eigenvalue weighted by molar-refractivity contribution is -0.147. The minimum absolute atomic E-state index is 0.0317. The highest BCUT2D eigenvalue weighted by Crippen LogP contribution is 2.63. The molecule has 0 spiro atoms. The number of rotatable bonds is 40. The van der Waals surface area contributed by atoms with Crippen LogP contribution in [-0.2, 0) is 85.8 Å². The van der Waals surface area contributed by atoms with Gasteiger partial charge in [0.05, 0.1) is 116 Å². The molecule has 0 radical (unpaired) electrons. The largest absolute Gasteiger partial charge is 0.481 e. The molecule has 6 N–H and O–H groups in total. The number of carboxylic acids is 1. The Kier molecular flexibility index (Phi) is 31.5. The van der Waals surface area contributed by atoms with Crippen LogP contribution in [0.15, 0.2) is 86.7 Å². The Morgan fingerprint density at radius 1 is 0.516 bits per heavy atom. The molecule has 1 saturated heterocycles. The molecule has 10 rings (SSSR count). The molecule has 2 amide bonds. The number of aromatic amines is 2. The summed E-state index contributed by atoms with van der Waals surface area (Å²) in [5.74, 6) is -6.89. The number of esters is 6. The van der Waals surface area contributed by atoms with E-state index in [2.05, 4.69) is 59.0 Å². The van der Waals surface area contributed by atoms with Gasteiger partial charge < -0.3 is 73.7 Å². The van der Waals surface area contributed by atoms with Crippen LogP contribution in [0.5, 0.6) is 0 Å². The zero-order chi connectivity index (χ0) is 90.5. The molecule has 9 atom stereocenters. The third-order valence-electron chi connectivity index (χ3n) is 27.2. The van der Waals surface area contributed by atoms with Crippen molar-refractivity contribution in [3.63, 3.8) is 0 Å². The number of nitrogens with one attached hydrogen (secondary N) is 5. The summed E-state index contributed by atoms with van der Waals surface area (Å²) in [5.41, 5.74) is 12.5. The lowest BCUT2D eigenvalue weighted by Crippen LogP contribution is -2.55. The number of carboxylic acid groups (broad SMARTS) is 1. The molecule has 10 heterocycles. The molecule has 670 valence electrons. The Bertz CT molecular complexity index is 5140. The maximum Gasteiger partial charge on any atom is 0.306 e. The number of fused-ring (bicyclic) bond motifs is 14. The fourth-order valence-electron chi connectivity index (χ4n) is 19.6. The van der Waals surface area contributed by atoms with Gasteiger partial charge in [-0.2, -0.15) is 0 Å². The van der Waals surface area contributed by atoms with Gasteiger partial charge in [0.1, 0.15) is 0 Å². The van der Waals surface area contributed by atoms with E-state index < -0.39 is 98.7 Å². The van der Waals surface area contributed by atoms with Crippen LogP contribution in [0.4, 0.5) is 0 Å². The molecule has 29 heteroatoms. The number of methoxy groups -OCH3 is 6. The standard InChI is InChI=1S/C95H126N10O19/c1-21-59-53(3)67-46-68-55(5)61(73(100-68)49-74-62(26-31-79(108)109)56(6)70(101-74)48-72-60(22-2)54(4)69(99-72)47-71(59)98-67)25-30-77(106)96-37-23-39-122-41-43-124-44-42-123-40-24-38-97-78(107)51-93(12)63(27-32-80(110)116-15)75-50-76-91(9,10)64(28-33-81(111)117-16)86(103-76)57(7)88-92(11,36-35-83(113)119-18)66(45-84(114)120-19)90(104-88)95(14)94(13,52-85(115)121-20)65(29-34-82(112)118-17)87(105-95)58(8)89(93)102-75/h21-22,46-50,63-66,90,98-99,102H,1-2,23-45,51-52H2,3-20H3,(H,96,106)(H,97,107)(H,108,109)/b67-46?,68-46?,69-47?,70-48?,71-47?,72-48?,73-49?,74-49?,75-50?,86-57?,89-58-/t63-,64-,65-,66+,90?,92-,93+,94+,95+/m1/s1. The van der Waals surface area contributed by atoms with Crippen molar-refractivity contribution in [3.05, 3.63) is 117 Å². The average molecular weight is 1710 g/mol. The van der Waals surface area contributed by atoms with Crippen molar-refractivity contribution in [2.75, 3.05) is 95.4 Å². The van der Waals surface area contributed by atoms with Crippen molar-refractivity contribution in [1.82, 2.24) is 35.9 Å². The molecule has 1 unspecified atom stereocenters. The van der Waals surface area contributed by atoms with E-state index in [9.17, 15) is 48.3 Å². The summed E-state index contributed by atoms with van der Waals surface area (Å²) in [7, 11) is 7.89. The van der Waals surface area contributed by atoms with Crippen molar-refractivity contribution in [2.24, 2.45) is 60.3 Å². The van der Waals surface area contributed by atoms with Crippen molar-refractivity contribution in [2.45, 2.75) is 204 Å². The number of carbonyl (C=O) groups excluding carboxylic acids is 8. The van der Waals surface area contributed by atoms with E-state index >= 15 is 0 Å². The van der Waals surface area contributed by atoms with Crippen molar-refractivity contribution in [1.29, 1.82) is 0 Å². The predicted octanol–water partition coefficient (Wildman–Crippen LogP) is 14.2. The fourth-order valence-corrected chi connectivity index (χ4v) is 19.6. The third-order valence-corrected chi connectivity index (χ3v) is 27.2. The zero-order valence-corrected chi connectivity index (χ0v) is 75.6. The highest BCUT2D eigenvalue weighted by Gasteiger charge is 2.67. The number of aliphatic carboxylic acids is 1. The molecule has 3 aromatic rings. The maximum absolute atomic E-state index is 15.0. The van der Waals surface area contributed by atoms with Crippen LogP contribution in [0, 0.1) is 59.2 Å². The van der Waals surface area contributed by atoms with Gasteiger partial charge in [0, 0.05) is 184 Å². The van der Waals surface area contributed by atoms with E-state index in [4.69, 9.17) is 67.6 Å². The minimum Gasteiger partial charge on any atom is -0.481 e. The molecule has 0 aliphatic carbocycles. The highest BCUT2D eigenvalue weighted by atomic mass is 16.6. The van der Waals surface area contributed by atoms with Gasteiger partial charge in [-0.1, -0.05) is 59.9 Å². The zero-order valence-electron chi connectivity index (χ0n) is 75.6. The van der Waals surface area contributed by atoms with Gasteiger partial charge in [0.25, 0.3) is 0 Å². The number of aliphatic imine (C=N–C) groups is 3. The number of H-pyrrole nitrogens is 2. The van der Waals surface area contributed by atoms with Crippen LogP contribution in [0.1, 0.15) is 223 Å². The second kappa shape index (κ2) is 40.9. The first-order chi connectivity index (χ1) is 58.9. The molecule has 0 saturated carbocycles. The van der Waals surface area contributed by atoms with Gasteiger partial charge in [-0.15, -0.1) is 0 Å². The van der Waals surface area contributed by atoms with E-state index in [-0.39, 0.29) is 115 Å². The number of hydrogen-bond donors (Lipinski definition) is 6. The smallest absolute Gasteiger partial charge is 0.306 e. The second-order valence-electron chi connectivity index (χ2n) is 34.7. The van der Waals surface area contributed by atoms with Crippen LogP contribution in [-0.4, -0.2) is 203 Å². The van der Waals surface area contributed by atoms with Crippen LogP contribution < -0.4 is 16.0 Å². The maximum atomic E-state index is 15.0. The molecule has 16 bridgehead atoms. The molecule has 0 aromatic carbocycles. The van der Waals surface area contributed by atoms with Crippen LogP contribution >= 0.6 is 0 Å². The Morgan fingerprint density at radius 2 is 1.00 bits per heavy atom. The van der Waals surface area contributed by atoms with Gasteiger partial charge in [-0.3, -0.25) is 58.1 Å². The highest BCUT2D eigenvalue weighted by molar-refractivity contribution is 6.11. The Balaban J connectivity index is 0.806. The summed E-state index contributed by atoms with van der Waals surface area (Å²) in [4.78, 5) is 157. The van der Waals surface area contributed by atoms with Gasteiger partial charge in [-0.05, 0) is 175 Å². The van der Waals surface area contributed by atoms with Crippen LogP contribution in [0.3, 0.4) is 0 Å². The Hall–Kier alpha value is -10.8. The fraction of sp³-hybridized carbons (Fsp3) is 0.558. The first kappa shape index (κ1) is 95.5. The first-order valence-corrected chi connectivity index (χ1v) is 43.0. The predicted molar refractivity (Wildman–Crippen MR) is 476 cm³/mol. The number of carbonyl (C=O) groups is 9. The second-order valence-corrected chi connectivity index (χ2v) is 34.7. The van der Waals surface area contributed by atoms with Gasteiger partial charge in [0.2, 0.25) is 11.8 Å².